The number of aromatic amines is 1. The molecule has 170 valence electrons. The van der Waals surface area contributed by atoms with Crippen LogP contribution in [0.1, 0.15) is 25.5 Å². The van der Waals surface area contributed by atoms with Gasteiger partial charge in [0, 0.05) is 28.1 Å². The van der Waals surface area contributed by atoms with Crippen molar-refractivity contribution >= 4 is 51.2 Å². The number of fused-ring (bicyclic) bond motifs is 2. The molecule has 0 unspecified atom stereocenters. The lowest BCUT2D eigenvalue weighted by molar-refractivity contribution is 0.618. The Hall–Kier alpha value is -4.10. The molecule has 0 aliphatic rings. The first-order valence-corrected chi connectivity index (χ1v) is 11.8. The van der Waals surface area contributed by atoms with Crippen LogP contribution >= 0.6 is 11.8 Å². The van der Waals surface area contributed by atoms with Gasteiger partial charge < -0.3 is 15.6 Å². The summed E-state index contributed by atoms with van der Waals surface area (Å²) in [5.74, 6) is 0.0821. The number of benzene rings is 2. The van der Waals surface area contributed by atoms with Crippen LogP contribution in [0.15, 0.2) is 47.6 Å². The van der Waals surface area contributed by atoms with Gasteiger partial charge in [0.05, 0.1) is 28.4 Å². The number of nitrogens with two attached hydrogens (primary N) is 1. The Balaban J connectivity index is 1.68. The van der Waals surface area contributed by atoms with E-state index in [0.717, 1.165) is 21.4 Å². The number of nitrogens with one attached hydrogen (secondary N) is 2. The SMILES string of the molecule is CSc1ccc(Nc2nc(N)c3c(-c4ccc(C#N)c5[nH]ncc45)cn(C(C)C)c3n2)c(F)c1. The Kier molecular flexibility index (Phi) is 5.34. The van der Waals surface area contributed by atoms with Gasteiger partial charge in [0.15, 0.2) is 0 Å². The number of H-pyrrole nitrogens is 1. The van der Waals surface area contributed by atoms with Gasteiger partial charge in [-0.05, 0) is 49.9 Å². The van der Waals surface area contributed by atoms with Crippen molar-refractivity contribution in [2.45, 2.75) is 24.8 Å². The van der Waals surface area contributed by atoms with E-state index in [2.05, 4.69) is 26.6 Å². The van der Waals surface area contributed by atoms with Crippen LogP contribution in [-0.2, 0) is 0 Å². The number of anilines is 3. The zero-order chi connectivity index (χ0) is 24.0. The van der Waals surface area contributed by atoms with Crippen LogP contribution < -0.4 is 11.1 Å². The first-order chi connectivity index (χ1) is 16.4. The minimum Gasteiger partial charge on any atom is -0.383 e. The van der Waals surface area contributed by atoms with E-state index in [1.165, 1.54) is 17.8 Å². The van der Waals surface area contributed by atoms with Gasteiger partial charge in [0.1, 0.15) is 23.4 Å². The second-order valence-electron chi connectivity index (χ2n) is 8.08. The molecule has 0 radical (unpaired) electrons. The number of halogens is 1. The Morgan fingerprint density at radius 2 is 2.03 bits per heavy atom. The first kappa shape index (κ1) is 21.7. The van der Waals surface area contributed by atoms with Crippen molar-refractivity contribution in [3.63, 3.8) is 0 Å². The normalized spacial score (nSPS) is 11.4. The quantitative estimate of drug-likeness (QED) is 0.284. The molecule has 2 aromatic carbocycles. The second-order valence-corrected chi connectivity index (χ2v) is 8.96. The Labute approximate surface area is 199 Å². The van der Waals surface area contributed by atoms with E-state index >= 15 is 0 Å². The van der Waals surface area contributed by atoms with E-state index in [4.69, 9.17) is 10.7 Å². The maximum absolute atomic E-state index is 14.6. The van der Waals surface area contributed by atoms with Crippen LogP contribution in [0.5, 0.6) is 0 Å². The Morgan fingerprint density at radius 3 is 2.74 bits per heavy atom. The number of nitriles is 1. The molecule has 0 bridgehead atoms. The zero-order valence-corrected chi connectivity index (χ0v) is 19.5. The molecular formula is C24H21FN8S. The summed E-state index contributed by atoms with van der Waals surface area (Å²) in [5, 5.41) is 20.9. The van der Waals surface area contributed by atoms with Crippen LogP contribution in [0.25, 0.3) is 33.1 Å². The lowest BCUT2D eigenvalue weighted by Gasteiger charge is -2.11. The summed E-state index contributed by atoms with van der Waals surface area (Å²) < 4.78 is 16.6. The molecule has 34 heavy (non-hydrogen) atoms. The highest BCUT2D eigenvalue weighted by molar-refractivity contribution is 7.98. The van der Waals surface area contributed by atoms with Gasteiger partial charge in [0.2, 0.25) is 5.95 Å². The van der Waals surface area contributed by atoms with E-state index in [1.54, 1.807) is 18.3 Å². The molecule has 0 amide bonds. The summed E-state index contributed by atoms with van der Waals surface area (Å²) in [6, 6.07) is 10.8. The molecule has 0 aliphatic heterocycles. The third kappa shape index (κ3) is 3.50. The third-order valence-electron chi connectivity index (χ3n) is 5.71. The van der Waals surface area contributed by atoms with Crippen molar-refractivity contribution in [2.24, 2.45) is 0 Å². The smallest absolute Gasteiger partial charge is 0.231 e. The molecule has 3 aromatic heterocycles. The number of rotatable bonds is 5. The Morgan fingerprint density at radius 1 is 1.21 bits per heavy atom. The van der Waals surface area contributed by atoms with E-state index in [0.29, 0.717) is 22.1 Å². The van der Waals surface area contributed by atoms with Gasteiger partial charge >= 0.3 is 0 Å². The van der Waals surface area contributed by atoms with Crippen molar-refractivity contribution < 1.29 is 4.39 Å². The summed E-state index contributed by atoms with van der Waals surface area (Å²) >= 11 is 1.46. The molecule has 5 rings (SSSR count). The summed E-state index contributed by atoms with van der Waals surface area (Å²) in [6.45, 7) is 4.09. The van der Waals surface area contributed by atoms with E-state index in [-0.39, 0.29) is 23.5 Å². The molecule has 0 spiro atoms. The minimum absolute atomic E-state index is 0.0780. The predicted molar refractivity (Wildman–Crippen MR) is 134 cm³/mol. The van der Waals surface area contributed by atoms with Crippen LogP contribution in [0.3, 0.4) is 0 Å². The van der Waals surface area contributed by atoms with Crippen molar-refractivity contribution in [3.05, 3.63) is 54.1 Å². The van der Waals surface area contributed by atoms with Crippen LogP contribution in [-0.4, -0.2) is 31.0 Å². The highest BCUT2D eigenvalue weighted by Crippen LogP contribution is 2.39. The number of aromatic nitrogens is 5. The number of hydrogen-bond acceptors (Lipinski definition) is 7. The van der Waals surface area contributed by atoms with Crippen molar-refractivity contribution in [2.75, 3.05) is 17.3 Å². The van der Waals surface area contributed by atoms with Gasteiger partial charge in [-0.25, -0.2) is 4.39 Å². The maximum atomic E-state index is 14.6. The highest BCUT2D eigenvalue weighted by Gasteiger charge is 2.21. The molecule has 0 fully saturated rings. The van der Waals surface area contributed by atoms with Crippen molar-refractivity contribution in [1.29, 1.82) is 5.26 Å². The van der Waals surface area contributed by atoms with Gasteiger partial charge in [-0.2, -0.15) is 20.3 Å². The topological polar surface area (TPSA) is 121 Å². The average Bonchev–Trinajstić information content (AvgIpc) is 3.45. The van der Waals surface area contributed by atoms with Gasteiger partial charge in [-0.15, -0.1) is 11.8 Å². The largest absolute Gasteiger partial charge is 0.383 e. The molecule has 0 saturated carbocycles. The number of hydrogen-bond donors (Lipinski definition) is 3. The van der Waals surface area contributed by atoms with E-state index in [1.807, 2.05) is 43.0 Å². The molecule has 0 saturated heterocycles. The summed E-state index contributed by atoms with van der Waals surface area (Å²) in [6.07, 6.45) is 5.56. The lowest BCUT2D eigenvalue weighted by Crippen LogP contribution is -2.06. The molecule has 10 heteroatoms. The first-order valence-electron chi connectivity index (χ1n) is 10.6. The fourth-order valence-corrected chi connectivity index (χ4v) is 4.46. The summed E-state index contributed by atoms with van der Waals surface area (Å²) in [5.41, 5.74) is 10.2. The minimum atomic E-state index is -0.394. The average molecular weight is 473 g/mol. The van der Waals surface area contributed by atoms with Crippen molar-refractivity contribution in [3.8, 4) is 17.2 Å². The fraction of sp³-hybridized carbons (Fsp3) is 0.167. The summed E-state index contributed by atoms with van der Waals surface area (Å²) in [4.78, 5) is 9.96. The Bertz CT molecular complexity index is 1590. The maximum Gasteiger partial charge on any atom is 0.231 e. The lowest BCUT2D eigenvalue weighted by atomic mass is 10.00. The van der Waals surface area contributed by atoms with Crippen LogP contribution in [0, 0.1) is 17.1 Å². The number of nitrogen functional groups attached to an aromatic ring is 1. The van der Waals surface area contributed by atoms with Crippen molar-refractivity contribution in [1.82, 2.24) is 24.7 Å². The fourth-order valence-electron chi connectivity index (χ4n) is 4.04. The summed E-state index contributed by atoms with van der Waals surface area (Å²) in [7, 11) is 0. The van der Waals surface area contributed by atoms with Gasteiger partial charge in [-0.1, -0.05) is 6.07 Å². The molecular weight excluding hydrogens is 451 g/mol. The monoisotopic (exact) mass is 472 g/mol. The van der Waals surface area contributed by atoms with Crippen LogP contribution in [0.2, 0.25) is 0 Å². The van der Waals surface area contributed by atoms with E-state index in [9.17, 15) is 9.65 Å². The molecule has 3 heterocycles. The zero-order valence-electron chi connectivity index (χ0n) is 18.7. The molecule has 5 aromatic rings. The van der Waals surface area contributed by atoms with Crippen LogP contribution in [0.4, 0.5) is 21.8 Å². The van der Waals surface area contributed by atoms with Gasteiger partial charge in [-0.3, -0.25) is 5.10 Å². The number of thioether (sulfide) groups is 1. The number of nitrogens with zero attached hydrogens (tertiary/aromatic N) is 5. The molecule has 0 aliphatic carbocycles. The predicted octanol–water partition coefficient (Wildman–Crippen LogP) is 5.61. The molecule has 4 N–H and O–H groups in total. The van der Waals surface area contributed by atoms with E-state index < -0.39 is 5.82 Å². The third-order valence-corrected chi connectivity index (χ3v) is 6.43. The highest BCUT2D eigenvalue weighted by atomic mass is 32.2. The molecule has 8 nitrogen and oxygen atoms in total. The second kappa shape index (κ2) is 8.35. The molecule has 0 atom stereocenters. The standard InChI is InChI=1S/C24H21FN8S/c1-12(2)33-11-17(15-6-4-13(9-26)21-16(15)10-28-32-21)20-22(27)30-24(31-23(20)33)29-19-7-5-14(34-3)8-18(19)25/h4-8,10-12H,1-3H3,(H,28,32)(H3,27,29,30,31). The van der Waals surface area contributed by atoms with Gasteiger partial charge in [0.25, 0.3) is 0 Å².